The Hall–Kier alpha value is -0.730. The van der Waals surface area contributed by atoms with Crippen molar-refractivity contribution in [3.63, 3.8) is 0 Å². The molecule has 1 unspecified atom stereocenters. The maximum atomic E-state index is 6.07. The maximum absolute atomic E-state index is 6.07. The molecular weight excluding hydrogens is 196 g/mol. The third-order valence-electron chi connectivity index (χ3n) is 2.70. The summed E-state index contributed by atoms with van der Waals surface area (Å²) in [6, 6.07) is 6.74. The quantitative estimate of drug-likeness (QED) is 0.769. The average Bonchev–Trinajstić information content (AvgIpc) is 2.90. The van der Waals surface area contributed by atoms with E-state index in [1.165, 1.54) is 11.3 Å². The molecule has 1 N–H and O–H groups in total. The molecule has 0 bridgehead atoms. The zero-order chi connectivity index (χ0) is 10.1. The van der Waals surface area contributed by atoms with Crippen molar-refractivity contribution < 1.29 is 0 Å². The first-order valence-corrected chi connectivity index (χ1v) is 5.28. The fraction of sp³-hybridized carbons (Fsp3) is 0.455. The zero-order valence-electron chi connectivity index (χ0n) is 8.55. The van der Waals surface area contributed by atoms with Crippen molar-refractivity contribution >= 4 is 17.3 Å². The predicted molar refractivity (Wildman–Crippen MR) is 61.2 cm³/mol. The van der Waals surface area contributed by atoms with E-state index in [-0.39, 0.29) is 0 Å². The molecule has 0 saturated carbocycles. The lowest BCUT2D eigenvalue weighted by atomic mass is 10.2. The lowest BCUT2D eigenvalue weighted by molar-refractivity contribution is 0.790. The van der Waals surface area contributed by atoms with Gasteiger partial charge in [0, 0.05) is 23.8 Å². The van der Waals surface area contributed by atoms with E-state index in [4.69, 9.17) is 11.6 Å². The predicted octanol–water partition coefficient (Wildman–Crippen LogP) is 2.06. The molecule has 1 aliphatic rings. The Morgan fingerprint density at radius 2 is 2.36 bits per heavy atom. The maximum Gasteiger partial charge on any atom is 0.0590 e. The minimum absolute atomic E-state index is 0.650. The summed E-state index contributed by atoms with van der Waals surface area (Å²) in [6.07, 6.45) is 0. The Morgan fingerprint density at radius 1 is 1.57 bits per heavy atom. The van der Waals surface area contributed by atoms with E-state index >= 15 is 0 Å². The fourth-order valence-electron chi connectivity index (χ4n) is 1.79. The van der Waals surface area contributed by atoms with Gasteiger partial charge < -0.3 is 10.2 Å². The van der Waals surface area contributed by atoms with Crippen molar-refractivity contribution in [1.29, 1.82) is 0 Å². The third kappa shape index (κ3) is 1.72. The van der Waals surface area contributed by atoms with E-state index in [1.807, 2.05) is 19.2 Å². The Morgan fingerprint density at radius 3 is 3.07 bits per heavy atom. The SMILES string of the molecule is CNCC1CN1c1cccc(Cl)c1C. The topological polar surface area (TPSA) is 15.0 Å². The molecule has 76 valence electrons. The number of rotatable bonds is 3. The van der Waals surface area contributed by atoms with Crippen LogP contribution in [0.5, 0.6) is 0 Å². The van der Waals surface area contributed by atoms with Crippen LogP contribution in [0.15, 0.2) is 18.2 Å². The molecule has 0 spiro atoms. The van der Waals surface area contributed by atoms with E-state index in [9.17, 15) is 0 Å². The van der Waals surface area contributed by atoms with E-state index in [1.54, 1.807) is 0 Å². The molecule has 14 heavy (non-hydrogen) atoms. The summed E-state index contributed by atoms with van der Waals surface area (Å²) in [6.45, 7) is 4.26. The monoisotopic (exact) mass is 210 g/mol. The van der Waals surface area contributed by atoms with Crippen molar-refractivity contribution in [1.82, 2.24) is 5.32 Å². The summed E-state index contributed by atoms with van der Waals surface area (Å²) in [7, 11) is 1.99. The summed E-state index contributed by atoms with van der Waals surface area (Å²) in [4.78, 5) is 2.37. The smallest absolute Gasteiger partial charge is 0.0590 e. The van der Waals surface area contributed by atoms with Crippen LogP contribution in [0.2, 0.25) is 5.02 Å². The molecule has 1 aliphatic heterocycles. The van der Waals surface area contributed by atoms with E-state index in [0.29, 0.717) is 6.04 Å². The molecule has 2 nitrogen and oxygen atoms in total. The van der Waals surface area contributed by atoms with Crippen LogP contribution in [0.3, 0.4) is 0 Å². The van der Waals surface area contributed by atoms with Crippen LogP contribution >= 0.6 is 11.6 Å². The molecule has 1 fully saturated rings. The van der Waals surface area contributed by atoms with Gasteiger partial charge in [0.2, 0.25) is 0 Å². The molecule has 2 rings (SSSR count). The molecule has 1 atom stereocenters. The lowest BCUT2D eigenvalue weighted by Gasteiger charge is -2.10. The number of hydrogen-bond donors (Lipinski definition) is 1. The second-order valence-electron chi connectivity index (χ2n) is 3.75. The number of anilines is 1. The summed E-state index contributed by atoms with van der Waals surface area (Å²) >= 11 is 6.07. The van der Waals surface area contributed by atoms with Gasteiger partial charge in [0.05, 0.1) is 6.04 Å². The van der Waals surface area contributed by atoms with Gasteiger partial charge in [0.1, 0.15) is 0 Å². The van der Waals surface area contributed by atoms with Gasteiger partial charge in [-0.3, -0.25) is 0 Å². The van der Waals surface area contributed by atoms with Crippen LogP contribution in [0.25, 0.3) is 0 Å². The molecule has 3 heteroatoms. The highest BCUT2D eigenvalue weighted by molar-refractivity contribution is 6.31. The molecule has 0 amide bonds. The van der Waals surface area contributed by atoms with Crippen molar-refractivity contribution in [2.24, 2.45) is 0 Å². The molecule has 1 saturated heterocycles. The fourth-order valence-corrected chi connectivity index (χ4v) is 1.96. The van der Waals surface area contributed by atoms with Crippen LogP contribution in [-0.4, -0.2) is 26.2 Å². The highest BCUT2D eigenvalue weighted by Gasteiger charge is 2.34. The van der Waals surface area contributed by atoms with Crippen LogP contribution in [0.1, 0.15) is 5.56 Å². The van der Waals surface area contributed by atoms with Gasteiger partial charge in [-0.2, -0.15) is 0 Å². The minimum atomic E-state index is 0.650. The largest absolute Gasteiger partial charge is 0.363 e. The second kappa shape index (κ2) is 3.79. The standard InChI is InChI=1S/C11H15ClN2/c1-8-10(12)4-3-5-11(8)14-7-9(14)6-13-2/h3-5,9,13H,6-7H2,1-2H3. The van der Waals surface area contributed by atoms with Gasteiger partial charge in [-0.1, -0.05) is 17.7 Å². The van der Waals surface area contributed by atoms with Gasteiger partial charge in [0.25, 0.3) is 0 Å². The first kappa shape index (κ1) is 9.81. The van der Waals surface area contributed by atoms with Crippen molar-refractivity contribution in [3.8, 4) is 0 Å². The molecule has 1 heterocycles. The van der Waals surface area contributed by atoms with Crippen LogP contribution in [-0.2, 0) is 0 Å². The molecule has 1 aromatic rings. The van der Waals surface area contributed by atoms with Crippen LogP contribution in [0, 0.1) is 6.92 Å². The Bertz CT molecular complexity index is 338. The molecule has 0 aromatic heterocycles. The minimum Gasteiger partial charge on any atom is -0.363 e. The highest BCUT2D eigenvalue weighted by Crippen LogP contribution is 2.33. The van der Waals surface area contributed by atoms with E-state index in [2.05, 4.69) is 23.2 Å². The Balaban J connectivity index is 2.15. The normalized spacial score (nSPS) is 19.9. The zero-order valence-corrected chi connectivity index (χ0v) is 9.30. The summed E-state index contributed by atoms with van der Waals surface area (Å²) in [5.74, 6) is 0. The molecule has 0 radical (unpaired) electrons. The number of nitrogens with one attached hydrogen (secondary N) is 1. The number of halogens is 1. The van der Waals surface area contributed by atoms with Crippen molar-refractivity contribution in [2.75, 3.05) is 25.0 Å². The summed E-state index contributed by atoms with van der Waals surface area (Å²) < 4.78 is 0. The van der Waals surface area contributed by atoms with Gasteiger partial charge in [-0.05, 0) is 31.7 Å². The van der Waals surface area contributed by atoms with Gasteiger partial charge in [0.15, 0.2) is 0 Å². The van der Waals surface area contributed by atoms with Crippen molar-refractivity contribution in [2.45, 2.75) is 13.0 Å². The van der Waals surface area contributed by atoms with Gasteiger partial charge in [-0.15, -0.1) is 0 Å². The molecule has 0 aliphatic carbocycles. The Kier molecular flexibility index (Phi) is 2.66. The summed E-state index contributed by atoms with van der Waals surface area (Å²) in [5.41, 5.74) is 2.46. The first-order chi connectivity index (χ1) is 6.74. The number of benzene rings is 1. The number of nitrogens with zero attached hydrogens (tertiary/aromatic N) is 1. The summed E-state index contributed by atoms with van der Waals surface area (Å²) in [5, 5.41) is 4.05. The van der Waals surface area contributed by atoms with E-state index < -0.39 is 0 Å². The van der Waals surface area contributed by atoms with Crippen molar-refractivity contribution in [3.05, 3.63) is 28.8 Å². The van der Waals surface area contributed by atoms with Gasteiger partial charge in [-0.25, -0.2) is 0 Å². The average molecular weight is 211 g/mol. The third-order valence-corrected chi connectivity index (χ3v) is 3.11. The van der Waals surface area contributed by atoms with Crippen LogP contribution in [0.4, 0.5) is 5.69 Å². The molecule has 1 aromatic carbocycles. The van der Waals surface area contributed by atoms with Gasteiger partial charge >= 0.3 is 0 Å². The Labute approximate surface area is 89.9 Å². The first-order valence-electron chi connectivity index (χ1n) is 4.90. The van der Waals surface area contributed by atoms with Crippen LogP contribution < -0.4 is 10.2 Å². The number of hydrogen-bond acceptors (Lipinski definition) is 2. The highest BCUT2D eigenvalue weighted by atomic mass is 35.5. The number of likely N-dealkylation sites (N-methyl/N-ethyl adjacent to an activating group) is 1. The lowest BCUT2D eigenvalue weighted by Crippen LogP contribution is -2.17. The van der Waals surface area contributed by atoms with E-state index in [0.717, 1.165) is 18.1 Å². The molecular formula is C11H15ClN2. The second-order valence-corrected chi connectivity index (χ2v) is 4.16.